The van der Waals surface area contributed by atoms with E-state index in [2.05, 4.69) is 5.32 Å². The molecule has 0 bridgehead atoms. The van der Waals surface area contributed by atoms with Gasteiger partial charge >= 0.3 is 0 Å². The van der Waals surface area contributed by atoms with Crippen molar-refractivity contribution in [2.75, 3.05) is 59.5 Å². The van der Waals surface area contributed by atoms with E-state index >= 15 is 0 Å². The van der Waals surface area contributed by atoms with Crippen LogP contribution in [0.4, 0.5) is 0 Å². The molecule has 156 valence electrons. The second-order valence-electron chi connectivity index (χ2n) is 7.72. The Labute approximate surface area is 172 Å². The summed E-state index contributed by atoms with van der Waals surface area (Å²) in [5.74, 6) is 1.02. The molecule has 1 heterocycles. The molecule has 3 N–H and O–H groups in total. The second kappa shape index (κ2) is 11.2. The van der Waals surface area contributed by atoms with Crippen LogP contribution in [0.25, 0.3) is 0 Å². The van der Waals surface area contributed by atoms with E-state index in [0.29, 0.717) is 37.8 Å². The molecule has 1 saturated heterocycles. The predicted octanol–water partition coefficient (Wildman–Crippen LogP) is -1.51. The van der Waals surface area contributed by atoms with E-state index in [1.54, 1.807) is 12.1 Å². The number of piperazine rings is 1. The third-order valence-electron chi connectivity index (χ3n) is 4.75. The zero-order valence-corrected chi connectivity index (χ0v) is 17.8. The number of amides is 2. The van der Waals surface area contributed by atoms with Gasteiger partial charge in [0.2, 0.25) is 0 Å². The van der Waals surface area contributed by atoms with Crippen LogP contribution in [0.2, 0.25) is 5.02 Å². The normalized spacial score (nSPS) is 16.1. The third-order valence-corrected chi connectivity index (χ3v) is 5.00. The molecule has 1 atom stereocenters. The van der Waals surface area contributed by atoms with Gasteiger partial charge in [0, 0.05) is 11.1 Å². The van der Waals surface area contributed by atoms with Crippen molar-refractivity contribution in [1.82, 2.24) is 10.2 Å². The van der Waals surface area contributed by atoms with Gasteiger partial charge in [-0.1, -0.05) is 11.6 Å². The van der Waals surface area contributed by atoms with Gasteiger partial charge in [0.15, 0.2) is 13.1 Å². The summed E-state index contributed by atoms with van der Waals surface area (Å²) in [6.45, 7) is 9.19. The Balaban J connectivity index is 1.63. The first kappa shape index (κ1) is 22.5. The maximum atomic E-state index is 12.5. The van der Waals surface area contributed by atoms with Gasteiger partial charge in [-0.2, -0.15) is 0 Å². The molecular weight excluding hydrogens is 380 g/mol. The molecule has 0 saturated carbocycles. The zero-order chi connectivity index (χ0) is 20.5. The van der Waals surface area contributed by atoms with Gasteiger partial charge < -0.3 is 24.8 Å². The third kappa shape index (κ3) is 8.04. The molecule has 0 aromatic heterocycles. The van der Waals surface area contributed by atoms with Crippen LogP contribution in [0.3, 0.4) is 0 Å². The quantitative estimate of drug-likeness (QED) is 0.462. The van der Waals surface area contributed by atoms with Crippen molar-refractivity contribution >= 4 is 23.4 Å². The van der Waals surface area contributed by atoms with Crippen LogP contribution < -0.4 is 19.9 Å². The van der Waals surface area contributed by atoms with E-state index in [1.165, 1.54) is 4.90 Å². The van der Waals surface area contributed by atoms with Crippen molar-refractivity contribution in [1.29, 1.82) is 0 Å². The summed E-state index contributed by atoms with van der Waals surface area (Å²) in [4.78, 5) is 28.6. The monoisotopic (exact) mass is 412 g/mol. The highest BCUT2D eigenvalue weighted by atomic mass is 35.5. The minimum atomic E-state index is 0.0784. The van der Waals surface area contributed by atoms with Crippen LogP contribution in [0, 0.1) is 0 Å². The summed E-state index contributed by atoms with van der Waals surface area (Å²) in [6, 6.07) is 7.44. The molecule has 8 heteroatoms. The number of halogens is 1. The number of ether oxygens (including phenoxy) is 1. The topological polar surface area (TPSA) is 67.5 Å². The highest BCUT2D eigenvalue weighted by molar-refractivity contribution is 6.30. The minimum Gasteiger partial charge on any atom is -0.488 e. The number of benzene rings is 1. The molecule has 2 rings (SSSR count). The SMILES string of the molecule is CC(C)NC(=O)C[NH+]1CCN(C(=O)C[NH+](C)CCOc2ccc(Cl)cc2)CC1. The van der Waals surface area contributed by atoms with E-state index in [9.17, 15) is 9.59 Å². The molecular formula is C20H33ClN4O3+2. The number of rotatable bonds is 9. The van der Waals surface area contributed by atoms with Crippen LogP contribution in [-0.2, 0) is 9.59 Å². The minimum absolute atomic E-state index is 0.0784. The van der Waals surface area contributed by atoms with Gasteiger partial charge in [-0.15, -0.1) is 0 Å². The van der Waals surface area contributed by atoms with E-state index in [1.807, 2.05) is 37.9 Å². The van der Waals surface area contributed by atoms with Gasteiger partial charge in [-0.3, -0.25) is 9.59 Å². The van der Waals surface area contributed by atoms with Gasteiger partial charge in [-0.25, -0.2) is 0 Å². The van der Waals surface area contributed by atoms with E-state index < -0.39 is 0 Å². The van der Waals surface area contributed by atoms with Gasteiger partial charge in [0.25, 0.3) is 11.8 Å². The first-order valence-corrected chi connectivity index (χ1v) is 10.3. The molecule has 1 aliphatic rings. The fraction of sp³-hybridized carbons (Fsp3) is 0.600. The number of carbonyl (C=O) groups excluding carboxylic acids is 2. The summed E-state index contributed by atoms with van der Waals surface area (Å²) in [6.07, 6.45) is 0. The highest BCUT2D eigenvalue weighted by Gasteiger charge is 2.26. The smallest absolute Gasteiger partial charge is 0.278 e. The van der Waals surface area contributed by atoms with E-state index in [0.717, 1.165) is 30.3 Å². The van der Waals surface area contributed by atoms with Crippen LogP contribution in [0.1, 0.15) is 13.8 Å². The number of hydrogen-bond acceptors (Lipinski definition) is 3. The molecule has 1 fully saturated rings. The number of nitrogens with zero attached hydrogens (tertiary/aromatic N) is 1. The molecule has 0 aliphatic carbocycles. The Morgan fingerprint density at radius 1 is 1.25 bits per heavy atom. The molecule has 0 spiro atoms. The fourth-order valence-electron chi connectivity index (χ4n) is 3.18. The summed E-state index contributed by atoms with van der Waals surface area (Å²) in [7, 11) is 2.00. The molecule has 1 aliphatic heterocycles. The van der Waals surface area contributed by atoms with Gasteiger partial charge in [-0.05, 0) is 38.1 Å². The number of likely N-dealkylation sites (N-methyl/N-ethyl adjacent to an activating group) is 1. The summed E-state index contributed by atoms with van der Waals surface area (Å²) < 4.78 is 5.69. The zero-order valence-electron chi connectivity index (χ0n) is 17.1. The number of hydrogen-bond donors (Lipinski definition) is 3. The first-order chi connectivity index (χ1) is 13.3. The molecule has 1 aromatic rings. The van der Waals surface area contributed by atoms with Gasteiger partial charge in [0.1, 0.15) is 18.9 Å². The molecule has 2 amide bonds. The largest absolute Gasteiger partial charge is 0.488 e. The van der Waals surface area contributed by atoms with Crippen molar-refractivity contribution < 1.29 is 24.1 Å². The number of nitrogens with one attached hydrogen (secondary N) is 3. The van der Waals surface area contributed by atoms with Crippen LogP contribution >= 0.6 is 11.6 Å². The number of quaternary nitrogens is 2. The van der Waals surface area contributed by atoms with Crippen LogP contribution in [-0.4, -0.2) is 82.2 Å². The van der Waals surface area contributed by atoms with Crippen molar-refractivity contribution in [2.24, 2.45) is 0 Å². The van der Waals surface area contributed by atoms with Crippen LogP contribution in [0.5, 0.6) is 5.75 Å². The molecule has 28 heavy (non-hydrogen) atoms. The molecule has 7 nitrogen and oxygen atoms in total. The van der Waals surface area contributed by atoms with Gasteiger partial charge in [0.05, 0.1) is 33.2 Å². The Kier molecular flexibility index (Phi) is 9.02. The molecule has 1 unspecified atom stereocenters. The number of carbonyl (C=O) groups is 2. The predicted molar refractivity (Wildman–Crippen MR) is 109 cm³/mol. The fourth-order valence-corrected chi connectivity index (χ4v) is 3.31. The lowest BCUT2D eigenvalue weighted by molar-refractivity contribution is -0.896. The second-order valence-corrected chi connectivity index (χ2v) is 8.15. The lowest BCUT2D eigenvalue weighted by Gasteiger charge is -2.32. The summed E-state index contributed by atoms with van der Waals surface area (Å²) >= 11 is 5.86. The average Bonchev–Trinajstić information content (AvgIpc) is 2.63. The van der Waals surface area contributed by atoms with E-state index in [4.69, 9.17) is 16.3 Å². The van der Waals surface area contributed by atoms with Crippen LogP contribution in [0.15, 0.2) is 24.3 Å². The highest BCUT2D eigenvalue weighted by Crippen LogP contribution is 2.14. The Bertz CT molecular complexity index is 631. The maximum Gasteiger partial charge on any atom is 0.278 e. The summed E-state index contributed by atoms with van der Waals surface area (Å²) in [5, 5.41) is 3.61. The molecule has 0 radical (unpaired) electrons. The summed E-state index contributed by atoms with van der Waals surface area (Å²) in [5.41, 5.74) is 0. The van der Waals surface area contributed by atoms with Crippen molar-refractivity contribution in [3.63, 3.8) is 0 Å². The Morgan fingerprint density at radius 2 is 1.89 bits per heavy atom. The Morgan fingerprint density at radius 3 is 2.50 bits per heavy atom. The lowest BCUT2D eigenvalue weighted by atomic mass is 10.3. The van der Waals surface area contributed by atoms with Crippen molar-refractivity contribution in [3.8, 4) is 5.75 Å². The standard InChI is InChI=1S/C20H31ClN4O3/c1-16(2)22-19(26)14-24-8-10-25(11-9-24)20(27)15-23(3)12-13-28-18-6-4-17(21)5-7-18/h4-7,16H,8-15H2,1-3H3,(H,22,26)/p+2. The lowest BCUT2D eigenvalue weighted by Crippen LogP contribution is -3.16. The average molecular weight is 413 g/mol. The first-order valence-electron chi connectivity index (χ1n) is 9.94. The van der Waals surface area contributed by atoms with Crippen molar-refractivity contribution in [2.45, 2.75) is 19.9 Å². The Hall–Kier alpha value is -1.83. The van der Waals surface area contributed by atoms with Crippen molar-refractivity contribution in [3.05, 3.63) is 29.3 Å². The molecule has 1 aromatic carbocycles. The van der Waals surface area contributed by atoms with E-state index in [-0.39, 0.29) is 17.9 Å². The maximum absolute atomic E-state index is 12.5.